The number of aromatic hydroxyl groups is 1. The Kier molecular flexibility index (Phi) is 13.7. The summed E-state index contributed by atoms with van der Waals surface area (Å²) in [6.45, 7) is 1.10. The molecule has 0 aromatic heterocycles. The fourth-order valence-corrected chi connectivity index (χ4v) is 5.16. The van der Waals surface area contributed by atoms with E-state index in [1.54, 1.807) is 6.07 Å². The quantitative estimate of drug-likeness (QED) is 0.142. The van der Waals surface area contributed by atoms with Crippen molar-refractivity contribution in [3.05, 3.63) is 92.3 Å². The zero-order valence-electron chi connectivity index (χ0n) is 24.8. The minimum Gasteiger partial charge on any atom is -0.502 e. The molecule has 3 aromatic rings. The van der Waals surface area contributed by atoms with Crippen molar-refractivity contribution in [1.82, 2.24) is 0 Å². The van der Waals surface area contributed by atoms with Gasteiger partial charge >= 0.3 is 11.4 Å². The highest BCUT2D eigenvalue weighted by Gasteiger charge is 2.19. The second-order valence-electron chi connectivity index (χ2n) is 11.1. The first kappa shape index (κ1) is 34.9. The number of phenols is 1. The van der Waals surface area contributed by atoms with Crippen LogP contribution < -0.4 is 15.2 Å². The van der Waals surface area contributed by atoms with Gasteiger partial charge in [0.15, 0.2) is 11.5 Å². The highest BCUT2D eigenvalue weighted by Crippen LogP contribution is 2.31. The van der Waals surface area contributed by atoms with E-state index < -0.39 is 32.9 Å². The van der Waals surface area contributed by atoms with Crippen LogP contribution in [0.4, 0.5) is 30.2 Å². The van der Waals surface area contributed by atoms with Crippen LogP contribution >= 0.6 is 0 Å². The average molecular weight is 634 g/mol. The fourth-order valence-electron chi connectivity index (χ4n) is 5.16. The summed E-state index contributed by atoms with van der Waals surface area (Å²) >= 11 is 0. The van der Waals surface area contributed by atoms with Crippen molar-refractivity contribution in [1.29, 1.82) is 0 Å². The topological polar surface area (TPSA) is 151 Å². The van der Waals surface area contributed by atoms with Crippen LogP contribution in [0.25, 0.3) is 0 Å². The number of anilines is 1. The SMILES string of the molecule is Nc1ccc(F)cc1OCC1CCCCC1.O=[N+]([O-])c1ccc(F)cc1O.O=[N+]([O-])c1ccc(F)cc1OCC1CCCCC1. The van der Waals surface area contributed by atoms with Crippen LogP contribution in [0.1, 0.15) is 64.2 Å². The smallest absolute Gasteiger partial charge is 0.311 e. The number of halogens is 3. The Morgan fingerprint density at radius 2 is 1.09 bits per heavy atom. The Morgan fingerprint density at radius 1 is 0.667 bits per heavy atom. The number of phenolic OH excluding ortho intramolecular Hbond substituents is 1. The number of nitro benzene ring substituents is 2. The molecule has 3 aromatic carbocycles. The van der Waals surface area contributed by atoms with Crippen LogP contribution in [0.5, 0.6) is 17.2 Å². The third kappa shape index (κ3) is 11.8. The maximum atomic E-state index is 13.1. The number of rotatable bonds is 8. The second kappa shape index (κ2) is 17.7. The molecule has 0 heterocycles. The molecule has 0 bridgehead atoms. The molecule has 0 saturated heterocycles. The molecule has 0 spiro atoms. The van der Waals surface area contributed by atoms with E-state index in [2.05, 4.69) is 0 Å². The average Bonchev–Trinajstić information content (AvgIpc) is 3.02. The number of ether oxygens (including phenoxy) is 2. The molecule has 244 valence electrons. The minimum absolute atomic E-state index is 0.0329. The van der Waals surface area contributed by atoms with Gasteiger partial charge < -0.3 is 20.3 Å². The van der Waals surface area contributed by atoms with Gasteiger partial charge in [0.25, 0.3) is 0 Å². The third-order valence-corrected chi connectivity index (χ3v) is 7.63. The lowest BCUT2D eigenvalue weighted by Gasteiger charge is -2.22. The molecule has 0 atom stereocenters. The van der Waals surface area contributed by atoms with Gasteiger partial charge in [-0.25, -0.2) is 13.2 Å². The van der Waals surface area contributed by atoms with E-state index in [9.17, 15) is 33.4 Å². The van der Waals surface area contributed by atoms with E-state index in [4.69, 9.17) is 20.3 Å². The summed E-state index contributed by atoms with van der Waals surface area (Å²) in [6, 6.07) is 10.1. The van der Waals surface area contributed by atoms with E-state index in [1.165, 1.54) is 63.5 Å². The largest absolute Gasteiger partial charge is 0.502 e. The van der Waals surface area contributed by atoms with Gasteiger partial charge in [0.05, 0.1) is 28.7 Å². The normalized spacial score (nSPS) is 15.1. The second-order valence-corrected chi connectivity index (χ2v) is 11.1. The molecular weight excluding hydrogens is 595 g/mol. The zero-order chi connectivity index (χ0) is 32.8. The Hall–Kier alpha value is -4.55. The van der Waals surface area contributed by atoms with Crippen molar-refractivity contribution in [2.75, 3.05) is 18.9 Å². The van der Waals surface area contributed by atoms with E-state index >= 15 is 0 Å². The predicted octanol–water partition coefficient (Wildman–Crippen LogP) is 8.50. The number of benzene rings is 3. The van der Waals surface area contributed by atoms with Gasteiger partial charge in [0.2, 0.25) is 0 Å². The fraction of sp³-hybridized carbons (Fsp3) is 0.438. The van der Waals surface area contributed by atoms with Crippen LogP contribution in [0.3, 0.4) is 0 Å². The van der Waals surface area contributed by atoms with Gasteiger partial charge in [-0.3, -0.25) is 20.2 Å². The summed E-state index contributed by atoms with van der Waals surface area (Å²) in [5, 5.41) is 29.6. The van der Waals surface area contributed by atoms with Crippen LogP contribution in [0.15, 0.2) is 54.6 Å². The highest BCUT2D eigenvalue weighted by molar-refractivity contribution is 5.52. The lowest BCUT2D eigenvalue weighted by Crippen LogP contribution is -2.15. The summed E-state index contributed by atoms with van der Waals surface area (Å²) in [5.74, 6) is -0.621. The van der Waals surface area contributed by atoms with E-state index in [-0.39, 0.29) is 17.3 Å². The lowest BCUT2D eigenvalue weighted by molar-refractivity contribution is -0.386. The Bertz CT molecular complexity index is 1410. The molecule has 13 heteroatoms. The predicted molar refractivity (Wildman–Crippen MR) is 163 cm³/mol. The standard InChI is InChI=1S/C13H16FNO3.C13H18FNO.C6H4FNO3/c14-11-6-7-12(15(16)17)13(8-11)18-9-10-4-2-1-3-5-10;14-11-6-7-12(15)13(8-11)16-9-10-4-2-1-3-5-10;7-4-1-2-5(8(10)11)6(9)3-4/h6-8,10H,1-5,9H2;6-8,10H,1-5,9,15H2;1-3,9H. The molecule has 0 radical (unpaired) electrons. The molecular formula is C32H38F3N3O7. The van der Waals surface area contributed by atoms with Gasteiger partial charge in [-0.1, -0.05) is 38.5 Å². The Balaban J connectivity index is 0.000000190. The molecule has 2 saturated carbocycles. The van der Waals surface area contributed by atoms with Gasteiger partial charge in [-0.05, 0) is 61.8 Å². The van der Waals surface area contributed by atoms with E-state index in [0.29, 0.717) is 42.6 Å². The lowest BCUT2D eigenvalue weighted by atomic mass is 9.90. The first-order valence-corrected chi connectivity index (χ1v) is 14.9. The van der Waals surface area contributed by atoms with Gasteiger partial charge in [-0.15, -0.1) is 0 Å². The number of nitrogens with two attached hydrogens (primary N) is 1. The maximum Gasteiger partial charge on any atom is 0.311 e. The molecule has 2 aliphatic carbocycles. The monoisotopic (exact) mass is 633 g/mol. The molecule has 10 nitrogen and oxygen atoms in total. The molecule has 3 N–H and O–H groups in total. The molecule has 2 fully saturated rings. The summed E-state index contributed by atoms with van der Waals surface area (Å²) < 4.78 is 49.3. The van der Waals surface area contributed by atoms with Crippen molar-refractivity contribution in [3.63, 3.8) is 0 Å². The minimum atomic E-state index is -0.783. The van der Waals surface area contributed by atoms with Crippen LogP contribution in [-0.4, -0.2) is 28.2 Å². The number of nitrogen functional groups attached to an aromatic ring is 1. The van der Waals surface area contributed by atoms with E-state index in [1.807, 2.05) is 0 Å². The van der Waals surface area contributed by atoms with Crippen molar-refractivity contribution in [3.8, 4) is 17.2 Å². The number of hydrogen-bond donors (Lipinski definition) is 2. The summed E-state index contributed by atoms with van der Waals surface area (Å²) in [7, 11) is 0. The number of nitrogens with zero attached hydrogens (tertiary/aromatic N) is 2. The molecule has 45 heavy (non-hydrogen) atoms. The van der Waals surface area contributed by atoms with Crippen molar-refractivity contribution in [2.24, 2.45) is 11.8 Å². The molecule has 0 aliphatic heterocycles. The van der Waals surface area contributed by atoms with Crippen LogP contribution in [0, 0.1) is 49.5 Å². The number of hydrogen-bond acceptors (Lipinski definition) is 8. The summed E-state index contributed by atoms with van der Waals surface area (Å²) in [4.78, 5) is 19.5. The first-order valence-electron chi connectivity index (χ1n) is 14.9. The van der Waals surface area contributed by atoms with Crippen LogP contribution in [0.2, 0.25) is 0 Å². The molecule has 5 rings (SSSR count). The van der Waals surface area contributed by atoms with Gasteiger partial charge in [0.1, 0.15) is 23.2 Å². The van der Waals surface area contributed by atoms with Crippen LogP contribution in [-0.2, 0) is 0 Å². The van der Waals surface area contributed by atoms with Crippen molar-refractivity contribution >= 4 is 17.1 Å². The maximum absolute atomic E-state index is 13.1. The third-order valence-electron chi connectivity index (χ3n) is 7.63. The van der Waals surface area contributed by atoms with Crippen molar-refractivity contribution in [2.45, 2.75) is 64.2 Å². The zero-order valence-corrected chi connectivity index (χ0v) is 24.8. The van der Waals surface area contributed by atoms with Gasteiger partial charge in [-0.2, -0.15) is 0 Å². The van der Waals surface area contributed by atoms with Crippen molar-refractivity contribution < 1.29 is 37.6 Å². The van der Waals surface area contributed by atoms with Gasteiger partial charge in [0, 0.05) is 30.3 Å². The first-order chi connectivity index (χ1) is 21.5. The molecule has 0 unspecified atom stereocenters. The summed E-state index contributed by atoms with van der Waals surface area (Å²) in [5.41, 5.74) is 5.56. The molecule has 0 amide bonds. The highest BCUT2D eigenvalue weighted by atomic mass is 19.1. The summed E-state index contributed by atoms with van der Waals surface area (Å²) in [6.07, 6.45) is 12.1. The van der Waals surface area contributed by atoms with E-state index in [0.717, 1.165) is 43.2 Å². The number of nitro groups is 2. The Labute approximate surface area is 259 Å². The Morgan fingerprint density at radius 3 is 1.58 bits per heavy atom. The molecule has 2 aliphatic rings.